The van der Waals surface area contributed by atoms with Crippen molar-refractivity contribution in [2.45, 2.75) is 13.5 Å². The predicted molar refractivity (Wildman–Crippen MR) is 98.7 cm³/mol. The van der Waals surface area contributed by atoms with Crippen molar-refractivity contribution in [1.82, 2.24) is 25.5 Å². The van der Waals surface area contributed by atoms with Crippen molar-refractivity contribution in [3.63, 3.8) is 0 Å². The van der Waals surface area contributed by atoms with Crippen molar-refractivity contribution in [1.29, 1.82) is 0 Å². The number of ether oxygens (including phenoxy) is 3. The van der Waals surface area contributed by atoms with Crippen LogP contribution in [-0.2, 0) is 6.54 Å². The number of carbonyl (C=O) groups excluding carboxylic acids is 1. The van der Waals surface area contributed by atoms with Gasteiger partial charge in [-0.05, 0) is 53.7 Å². The molecule has 1 aromatic heterocycles. The van der Waals surface area contributed by atoms with E-state index in [2.05, 4.69) is 26.2 Å². The van der Waals surface area contributed by atoms with Crippen LogP contribution in [0.25, 0.3) is 5.69 Å². The van der Waals surface area contributed by atoms with E-state index in [9.17, 15) is 4.79 Å². The lowest BCUT2D eigenvalue weighted by Gasteiger charge is -2.09. The average molecular weight is 382 g/mol. The Morgan fingerprint density at radius 2 is 2.00 bits per heavy atom. The molecule has 28 heavy (non-hydrogen) atoms. The number of nitrogens with zero attached hydrogens (tertiary/aromatic N) is 4. The molecule has 1 aliphatic heterocycles. The number of hydrogen-bond donors (Lipinski definition) is 2. The van der Waals surface area contributed by atoms with Crippen LogP contribution in [0.1, 0.15) is 12.7 Å². The van der Waals surface area contributed by atoms with Gasteiger partial charge in [-0.25, -0.2) is 4.79 Å². The lowest BCUT2D eigenvalue weighted by molar-refractivity contribution is 0.174. The minimum atomic E-state index is -0.389. The minimum absolute atomic E-state index is 0.149. The lowest BCUT2D eigenvalue weighted by Crippen LogP contribution is -2.29. The van der Waals surface area contributed by atoms with Gasteiger partial charge in [0.15, 0.2) is 17.3 Å². The van der Waals surface area contributed by atoms with E-state index in [0.29, 0.717) is 29.6 Å². The van der Waals surface area contributed by atoms with Crippen molar-refractivity contribution in [3.8, 4) is 22.9 Å². The molecule has 10 heteroatoms. The Kier molecular flexibility index (Phi) is 4.91. The number of tetrazole rings is 1. The molecule has 2 N–H and O–H groups in total. The van der Waals surface area contributed by atoms with E-state index in [0.717, 1.165) is 11.4 Å². The summed E-state index contributed by atoms with van der Waals surface area (Å²) in [6.45, 7) is 2.85. The van der Waals surface area contributed by atoms with Crippen LogP contribution in [0.4, 0.5) is 10.5 Å². The molecule has 0 saturated heterocycles. The van der Waals surface area contributed by atoms with Gasteiger partial charge in [-0.2, -0.15) is 4.68 Å². The third-order valence-corrected chi connectivity index (χ3v) is 3.96. The first-order chi connectivity index (χ1) is 13.7. The van der Waals surface area contributed by atoms with Gasteiger partial charge in [-0.15, -0.1) is 5.10 Å². The first-order valence-corrected chi connectivity index (χ1v) is 8.68. The number of urea groups is 1. The maximum Gasteiger partial charge on any atom is 0.319 e. The number of rotatable bonds is 6. The summed E-state index contributed by atoms with van der Waals surface area (Å²) in [7, 11) is 0. The SMILES string of the molecule is CCOc1ccc(-n2nnnc2CNC(=O)Nc2ccc3c(c2)OCO3)cc1. The van der Waals surface area contributed by atoms with E-state index in [1.54, 1.807) is 22.9 Å². The second kappa shape index (κ2) is 7.82. The fourth-order valence-corrected chi connectivity index (χ4v) is 2.68. The van der Waals surface area contributed by atoms with Gasteiger partial charge in [0.2, 0.25) is 6.79 Å². The zero-order valence-electron chi connectivity index (χ0n) is 15.1. The van der Waals surface area contributed by atoms with Crippen LogP contribution in [0.5, 0.6) is 17.2 Å². The molecule has 0 atom stereocenters. The van der Waals surface area contributed by atoms with Crippen LogP contribution in [0.15, 0.2) is 42.5 Å². The summed E-state index contributed by atoms with van der Waals surface area (Å²) in [5, 5.41) is 17.1. The van der Waals surface area contributed by atoms with Crippen molar-refractivity contribution < 1.29 is 19.0 Å². The number of anilines is 1. The highest BCUT2D eigenvalue weighted by atomic mass is 16.7. The summed E-state index contributed by atoms with van der Waals surface area (Å²) in [6.07, 6.45) is 0. The summed E-state index contributed by atoms with van der Waals surface area (Å²) in [4.78, 5) is 12.2. The van der Waals surface area contributed by atoms with Gasteiger partial charge in [-0.1, -0.05) is 0 Å². The highest BCUT2D eigenvalue weighted by Crippen LogP contribution is 2.34. The molecule has 10 nitrogen and oxygen atoms in total. The van der Waals surface area contributed by atoms with E-state index in [4.69, 9.17) is 14.2 Å². The van der Waals surface area contributed by atoms with Gasteiger partial charge >= 0.3 is 6.03 Å². The van der Waals surface area contributed by atoms with E-state index < -0.39 is 0 Å². The average Bonchev–Trinajstić information content (AvgIpc) is 3.36. The summed E-state index contributed by atoms with van der Waals surface area (Å²) in [5.74, 6) is 2.50. The summed E-state index contributed by atoms with van der Waals surface area (Å²) < 4.78 is 17.5. The molecule has 3 aromatic rings. The van der Waals surface area contributed by atoms with Crippen molar-refractivity contribution >= 4 is 11.7 Å². The highest BCUT2D eigenvalue weighted by Gasteiger charge is 2.15. The van der Waals surface area contributed by atoms with Crippen LogP contribution in [0.3, 0.4) is 0 Å². The predicted octanol–water partition coefficient (Wildman–Crippen LogP) is 2.11. The summed E-state index contributed by atoms with van der Waals surface area (Å²) in [5.41, 5.74) is 1.36. The first kappa shape index (κ1) is 17.6. The molecule has 2 aromatic carbocycles. The topological polar surface area (TPSA) is 112 Å². The fourth-order valence-electron chi connectivity index (χ4n) is 2.68. The Hall–Kier alpha value is -3.82. The number of carbonyl (C=O) groups is 1. The largest absolute Gasteiger partial charge is 0.494 e. The van der Waals surface area contributed by atoms with E-state index in [-0.39, 0.29) is 19.4 Å². The second-order valence-corrected chi connectivity index (χ2v) is 5.81. The molecule has 1 aliphatic rings. The van der Waals surface area contributed by atoms with Gasteiger partial charge in [0, 0.05) is 11.8 Å². The molecule has 0 saturated carbocycles. The van der Waals surface area contributed by atoms with Gasteiger partial charge in [0.25, 0.3) is 0 Å². The van der Waals surface area contributed by atoms with Crippen LogP contribution < -0.4 is 24.8 Å². The van der Waals surface area contributed by atoms with Gasteiger partial charge in [0.05, 0.1) is 18.8 Å². The van der Waals surface area contributed by atoms with Crippen molar-refractivity contribution in [2.75, 3.05) is 18.7 Å². The maximum absolute atomic E-state index is 12.2. The molecule has 0 radical (unpaired) electrons. The minimum Gasteiger partial charge on any atom is -0.494 e. The zero-order valence-corrected chi connectivity index (χ0v) is 15.1. The molecule has 2 amide bonds. The number of aromatic nitrogens is 4. The molecule has 144 valence electrons. The smallest absolute Gasteiger partial charge is 0.319 e. The summed E-state index contributed by atoms with van der Waals surface area (Å²) in [6, 6.07) is 12.1. The Morgan fingerprint density at radius 1 is 1.18 bits per heavy atom. The third-order valence-electron chi connectivity index (χ3n) is 3.96. The third kappa shape index (κ3) is 3.80. The number of benzene rings is 2. The Labute approximate surface area is 160 Å². The van der Waals surface area contributed by atoms with Crippen LogP contribution in [-0.4, -0.2) is 39.6 Å². The molecule has 0 unspecified atom stereocenters. The van der Waals surface area contributed by atoms with Gasteiger partial charge in [-0.3, -0.25) is 0 Å². The number of hydrogen-bond acceptors (Lipinski definition) is 7. The van der Waals surface area contributed by atoms with Crippen molar-refractivity contribution in [3.05, 3.63) is 48.3 Å². The number of amides is 2. The maximum atomic E-state index is 12.2. The molecule has 2 heterocycles. The Bertz CT molecular complexity index is 972. The highest BCUT2D eigenvalue weighted by molar-refractivity contribution is 5.89. The Balaban J connectivity index is 1.37. The molecular formula is C18H18N6O4. The number of nitrogens with one attached hydrogen (secondary N) is 2. The first-order valence-electron chi connectivity index (χ1n) is 8.68. The van der Waals surface area contributed by atoms with Crippen LogP contribution >= 0.6 is 0 Å². The molecule has 0 bridgehead atoms. The fraction of sp³-hybridized carbons (Fsp3) is 0.222. The lowest BCUT2D eigenvalue weighted by atomic mass is 10.3. The van der Waals surface area contributed by atoms with E-state index >= 15 is 0 Å². The van der Waals surface area contributed by atoms with Crippen LogP contribution in [0.2, 0.25) is 0 Å². The Morgan fingerprint density at radius 3 is 2.82 bits per heavy atom. The molecular weight excluding hydrogens is 364 g/mol. The van der Waals surface area contributed by atoms with Crippen molar-refractivity contribution in [2.24, 2.45) is 0 Å². The number of fused-ring (bicyclic) bond motifs is 1. The quantitative estimate of drug-likeness (QED) is 0.671. The van der Waals surface area contributed by atoms with Gasteiger partial charge in [0.1, 0.15) is 5.75 Å². The molecule has 0 spiro atoms. The molecule has 0 fully saturated rings. The second-order valence-electron chi connectivity index (χ2n) is 5.81. The zero-order chi connectivity index (χ0) is 19.3. The monoisotopic (exact) mass is 382 g/mol. The van der Waals surface area contributed by atoms with E-state index in [1.807, 2.05) is 31.2 Å². The standard InChI is InChI=1S/C18H18N6O4/c1-2-26-14-6-4-13(5-7-14)24-17(21-22-23-24)10-19-18(25)20-12-3-8-15-16(9-12)28-11-27-15/h3-9H,2,10-11H2,1H3,(H2,19,20,25). The molecule has 0 aliphatic carbocycles. The van der Waals surface area contributed by atoms with Gasteiger partial charge < -0.3 is 24.8 Å². The van der Waals surface area contributed by atoms with E-state index in [1.165, 1.54) is 0 Å². The summed E-state index contributed by atoms with van der Waals surface area (Å²) >= 11 is 0. The molecule has 4 rings (SSSR count). The normalized spacial score (nSPS) is 11.9. The van der Waals surface area contributed by atoms with Crippen LogP contribution in [0, 0.1) is 0 Å².